The van der Waals surface area contributed by atoms with E-state index in [2.05, 4.69) is 60.7 Å². The Kier molecular flexibility index (Phi) is 15.8. The maximum Gasteiger partial charge on any atom is 0.233 e. The molecule has 0 fully saturated rings. The number of aldehydes is 2. The number of azo groups is 2. The number of hydrogen-bond donors (Lipinski definition) is 4. The molecule has 5 aromatic rings. The Hall–Kier alpha value is -6.01. The van der Waals surface area contributed by atoms with Crippen LogP contribution in [0.1, 0.15) is 52.6 Å². The Labute approximate surface area is 354 Å². The van der Waals surface area contributed by atoms with E-state index in [1.165, 1.54) is 17.8 Å². The highest BCUT2D eigenvalue weighted by molar-refractivity contribution is 7.99. The molecule has 0 saturated carbocycles. The van der Waals surface area contributed by atoms with Crippen molar-refractivity contribution in [3.63, 3.8) is 0 Å². The van der Waals surface area contributed by atoms with Crippen molar-refractivity contribution in [1.29, 1.82) is 5.26 Å². The van der Waals surface area contributed by atoms with E-state index in [0.29, 0.717) is 47.6 Å². The van der Waals surface area contributed by atoms with Crippen molar-refractivity contribution in [3.05, 3.63) is 69.2 Å². The lowest BCUT2D eigenvalue weighted by atomic mass is 10.2. The molecule has 18 nitrogen and oxygen atoms in total. The average Bonchev–Trinajstić information content (AvgIpc) is 3.83. The van der Waals surface area contributed by atoms with Crippen LogP contribution in [-0.2, 0) is 11.1 Å². The van der Waals surface area contributed by atoms with E-state index in [0.717, 1.165) is 47.1 Å². The minimum absolute atomic E-state index is 0.0198. The summed E-state index contributed by atoms with van der Waals surface area (Å²) in [5.41, 5.74) is 3.26. The molecule has 22 heteroatoms. The van der Waals surface area contributed by atoms with Crippen LogP contribution in [-0.4, -0.2) is 79.9 Å². The van der Waals surface area contributed by atoms with Gasteiger partial charge in [-0.05, 0) is 70.2 Å². The summed E-state index contributed by atoms with van der Waals surface area (Å²) in [5.74, 6) is 0.495. The molecule has 0 spiro atoms. The predicted octanol–water partition coefficient (Wildman–Crippen LogP) is 9.72. The average molecular weight is 872 g/mol. The van der Waals surface area contributed by atoms with Crippen molar-refractivity contribution in [2.24, 2.45) is 20.5 Å². The van der Waals surface area contributed by atoms with Crippen LogP contribution < -0.4 is 20.4 Å². The van der Waals surface area contributed by atoms with Crippen molar-refractivity contribution < 1.29 is 23.5 Å². The molecule has 0 bridgehead atoms. The first-order valence-electron chi connectivity index (χ1n) is 17.9. The fraction of sp³-hybridized carbons (Fsp3) is 0.270. The summed E-state index contributed by atoms with van der Waals surface area (Å²) in [7, 11) is 0. The third-order valence-electron chi connectivity index (χ3n) is 8.36. The van der Waals surface area contributed by atoms with E-state index < -0.39 is 11.1 Å². The van der Waals surface area contributed by atoms with E-state index in [-0.39, 0.29) is 66.1 Å². The normalized spacial score (nSPS) is 11.7. The number of carbonyl (C=O) groups is 2. The summed E-state index contributed by atoms with van der Waals surface area (Å²) < 4.78 is 21.7. The molecule has 0 aliphatic carbocycles. The molecule has 0 amide bonds. The van der Waals surface area contributed by atoms with Crippen LogP contribution in [0.25, 0.3) is 4.85 Å². The molecule has 0 aliphatic heterocycles. The number of carbonyl (C=O) groups excluding carboxylic acids is 2. The molecule has 3 aromatic heterocycles. The van der Waals surface area contributed by atoms with Crippen LogP contribution in [0.4, 0.5) is 61.7 Å². The summed E-state index contributed by atoms with van der Waals surface area (Å²) in [6.45, 7) is 18.3. The Balaban J connectivity index is 1.60. The molecule has 59 heavy (non-hydrogen) atoms. The van der Waals surface area contributed by atoms with Crippen LogP contribution in [0, 0.1) is 17.9 Å². The second kappa shape index (κ2) is 21.1. The van der Waals surface area contributed by atoms with Crippen molar-refractivity contribution in [3.8, 4) is 6.07 Å². The molecule has 1 atom stereocenters. The number of thiophene rings is 2. The molecule has 1 unspecified atom stereocenters. The van der Waals surface area contributed by atoms with Crippen molar-refractivity contribution >= 4 is 120 Å². The molecule has 0 saturated heterocycles. The highest BCUT2D eigenvalue weighted by atomic mass is 32.2. The number of anilines is 6. The Bertz CT molecular complexity index is 2480. The van der Waals surface area contributed by atoms with Crippen LogP contribution in [0.2, 0.25) is 0 Å². The second-order valence-corrected chi connectivity index (χ2v) is 15.8. The standard InChI is InChI=1S/C37H37N13O5S4/c1-6-49(7-2)22-10-12-26(45-47-33-25(19-38)32(59(54)55)31(21-53)58-33)28(16-22)40-35-42-36(44-37(43-35)56-15-14-51)41-29-17-23(50(8-3)9-4)11-13-27(29)46-48-34-30(39-5)18-24(20-52)57-34/h10-13,16-18,20-21,51H,6-9,14-15H2,1-4H3,(H,54,55)(H2,40,41,42,43,44). The van der Waals surface area contributed by atoms with Gasteiger partial charge < -0.3 is 30.1 Å². The summed E-state index contributed by atoms with van der Waals surface area (Å²) in [6, 6.07) is 14.2. The molecule has 5 rings (SSSR count). The minimum Gasteiger partial charge on any atom is -0.396 e. The molecular weight excluding hydrogens is 835 g/mol. The van der Waals surface area contributed by atoms with E-state index in [4.69, 9.17) is 6.57 Å². The number of hydrogen-bond acceptors (Lipinski definition) is 19. The quantitative estimate of drug-likeness (QED) is 0.0187. The van der Waals surface area contributed by atoms with Gasteiger partial charge in [0.1, 0.15) is 32.9 Å². The maximum atomic E-state index is 12.0. The lowest BCUT2D eigenvalue weighted by molar-refractivity contribution is 0.111. The zero-order chi connectivity index (χ0) is 42.5. The molecule has 0 radical (unpaired) electrons. The second-order valence-electron chi connectivity index (χ2n) is 11.8. The Morgan fingerprint density at radius 3 is 1.88 bits per heavy atom. The number of rotatable bonds is 20. The number of nitriles is 1. The number of aromatic nitrogens is 3. The van der Waals surface area contributed by atoms with E-state index in [1.807, 2.05) is 58.0 Å². The number of aliphatic hydroxyl groups is 1. The summed E-state index contributed by atoms with van der Waals surface area (Å²) in [6.07, 6.45) is 1.05. The third kappa shape index (κ3) is 10.7. The number of nitrogens with one attached hydrogen (secondary N) is 2. The van der Waals surface area contributed by atoms with Gasteiger partial charge in [-0.2, -0.15) is 25.3 Å². The number of aliphatic hydroxyl groups excluding tert-OH is 1. The van der Waals surface area contributed by atoms with Crippen LogP contribution in [0.15, 0.2) is 73.0 Å². The van der Waals surface area contributed by atoms with Gasteiger partial charge in [-0.25, -0.2) is 9.05 Å². The first kappa shape index (κ1) is 44.1. The molecule has 2 aromatic carbocycles. The van der Waals surface area contributed by atoms with Crippen molar-refractivity contribution in [2.75, 3.05) is 59.0 Å². The number of thioether (sulfide) groups is 1. The monoisotopic (exact) mass is 871 g/mol. The van der Waals surface area contributed by atoms with Gasteiger partial charge in [0.2, 0.25) is 17.6 Å². The number of nitrogens with zero attached hydrogens (tertiary/aromatic N) is 11. The summed E-state index contributed by atoms with van der Waals surface area (Å²) >= 11 is 0.409. The first-order valence-corrected chi connectivity index (χ1v) is 21.6. The van der Waals surface area contributed by atoms with Gasteiger partial charge in [0.25, 0.3) is 0 Å². The largest absolute Gasteiger partial charge is 0.396 e. The highest BCUT2D eigenvalue weighted by Gasteiger charge is 2.23. The van der Waals surface area contributed by atoms with Crippen molar-refractivity contribution in [2.45, 2.75) is 37.7 Å². The molecular formula is C37H37N13O5S4. The predicted molar refractivity (Wildman–Crippen MR) is 232 cm³/mol. The van der Waals surface area contributed by atoms with E-state index in [1.54, 1.807) is 12.1 Å². The van der Waals surface area contributed by atoms with Gasteiger partial charge >= 0.3 is 0 Å². The van der Waals surface area contributed by atoms with Crippen LogP contribution in [0.5, 0.6) is 0 Å². The zero-order valence-electron chi connectivity index (χ0n) is 32.1. The summed E-state index contributed by atoms with van der Waals surface area (Å²) in [5, 5.41) is 43.8. The van der Waals surface area contributed by atoms with Gasteiger partial charge in [0.05, 0.1) is 34.3 Å². The third-order valence-corrected chi connectivity index (χ3v) is 12.0. The minimum atomic E-state index is -2.60. The molecule has 3 heterocycles. The highest BCUT2D eigenvalue weighted by Crippen LogP contribution is 2.41. The van der Waals surface area contributed by atoms with Crippen molar-refractivity contribution in [1.82, 2.24) is 15.0 Å². The smallest absolute Gasteiger partial charge is 0.233 e. The Morgan fingerprint density at radius 1 is 0.864 bits per heavy atom. The van der Waals surface area contributed by atoms with Gasteiger partial charge in [-0.15, -0.1) is 38.0 Å². The van der Waals surface area contributed by atoms with E-state index in [9.17, 15) is 28.7 Å². The zero-order valence-corrected chi connectivity index (χ0v) is 35.4. The van der Waals surface area contributed by atoms with Gasteiger partial charge in [-0.3, -0.25) is 9.59 Å². The van der Waals surface area contributed by atoms with Gasteiger partial charge in [0, 0.05) is 43.3 Å². The molecule has 4 N–H and O–H groups in total. The Morgan fingerprint density at radius 2 is 1.42 bits per heavy atom. The lowest BCUT2D eigenvalue weighted by Crippen LogP contribution is -2.21. The molecule has 0 aliphatic rings. The fourth-order valence-corrected chi connectivity index (χ4v) is 8.58. The molecule has 304 valence electrons. The topological polar surface area (TPSA) is 238 Å². The van der Waals surface area contributed by atoms with Crippen LogP contribution >= 0.6 is 34.4 Å². The SMILES string of the molecule is [C-]#[N+]c1cc(C=O)sc1N=Nc1ccc(N(CC)CC)cc1Nc1nc(Nc2cc(N(CC)CC)ccc2N=Nc2sc(C=O)c(S(=O)O)c2C#N)nc(SCCO)n1. The van der Waals surface area contributed by atoms with Gasteiger partial charge in [-0.1, -0.05) is 11.8 Å². The lowest BCUT2D eigenvalue weighted by Gasteiger charge is -2.22. The number of benzene rings is 2. The maximum absolute atomic E-state index is 12.0. The first-order chi connectivity index (χ1) is 28.6. The van der Waals surface area contributed by atoms with Crippen LogP contribution in [0.3, 0.4) is 0 Å². The fourth-order valence-electron chi connectivity index (χ4n) is 5.54. The van der Waals surface area contributed by atoms with E-state index >= 15 is 0 Å². The van der Waals surface area contributed by atoms with Gasteiger partial charge in [0.15, 0.2) is 33.8 Å². The summed E-state index contributed by atoms with van der Waals surface area (Å²) in [4.78, 5) is 44.6.